The summed E-state index contributed by atoms with van der Waals surface area (Å²) in [6.07, 6.45) is 3.62. The van der Waals surface area contributed by atoms with Crippen molar-refractivity contribution in [3.05, 3.63) is 42.7 Å². The van der Waals surface area contributed by atoms with Crippen LogP contribution in [0, 0.1) is 5.92 Å². The zero-order chi connectivity index (χ0) is 16.9. The second-order valence-corrected chi connectivity index (χ2v) is 6.68. The van der Waals surface area contributed by atoms with Crippen LogP contribution in [0.25, 0.3) is 0 Å². The van der Waals surface area contributed by atoms with Gasteiger partial charge < -0.3 is 5.32 Å². The number of nitrogens with zero attached hydrogens (tertiary/aromatic N) is 2. The first-order chi connectivity index (χ1) is 10.9. The molecule has 1 atom stereocenters. The van der Waals surface area contributed by atoms with Crippen LogP contribution in [0.15, 0.2) is 47.6 Å². The van der Waals surface area contributed by atoms with Gasteiger partial charge in [0, 0.05) is 24.0 Å². The summed E-state index contributed by atoms with van der Waals surface area (Å²) in [6.45, 7) is 3.76. The monoisotopic (exact) mass is 334 g/mol. The molecule has 2 N–H and O–H groups in total. The third-order valence-electron chi connectivity index (χ3n) is 3.28. The van der Waals surface area contributed by atoms with Crippen LogP contribution >= 0.6 is 0 Å². The lowest BCUT2D eigenvalue weighted by Crippen LogP contribution is -2.19. The Morgan fingerprint density at radius 3 is 2.35 bits per heavy atom. The van der Waals surface area contributed by atoms with Gasteiger partial charge >= 0.3 is 0 Å². The summed E-state index contributed by atoms with van der Waals surface area (Å²) in [6, 6.07) is 7.50. The van der Waals surface area contributed by atoms with Gasteiger partial charge in [0.1, 0.15) is 0 Å². The van der Waals surface area contributed by atoms with Crippen molar-refractivity contribution in [3.63, 3.8) is 0 Å². The second-order valence-electron chi connectivity index (χ2n) is 5.00. The molecule has 0 saturated heterocycles. The van der Waals surface area contributed by atoms with Gasteiger partial charge in [0.2, 0.25) is 11.9 Å². The third kappa shape index (κ3) is 4.49. The molecule has 0 radical (unpaired) electrons. The molecule has 0 aliphatic rings. The molecule has 0 spiro atoms. The van der Waals surface area contributed by atoms with Crippen molar-refractivity contribution in [2.75, 3.05) is 10.0 Å². The fraction of sp³-hybridized carbons (Fsp3) is 0.267. The van der Waals surface area contributed by atoms with Crippen molar-refractivity contribution < 1.29 is 13.2 Å². The van der Waals surface area contributed by atoms with E-state index in [2.05, 4.69) is 20.0 Å². The van der Waals surface area contributed by atoms with E-state index in [0.717, 1.165) is 6.42 Å². The molecule has 7 nitrogen and oxygen atoms in total. The molecule has 1 aromatic heterocycles. The Kier molecular flexibility index (Phi) is 5.28. The number of carbonyl (C=O) groups is 1. The van der Waals surface area contributed by atoms with Crippen molar-refractivity contribution in [1.29, 1.82) is 0 Å². The van der Waals surface area contributed by atoms with Crippen molar-refractivity contribution in [1.82, 2.24) is 9.97 Å². The minimum absolute atomic E-state index is 0.00153. The van der Waals surface area contributed by atoms with E-state index in [-0.39, 0.29) is 22.7 Å². The fourth-order valence-corrected chi connectivity index (χ4v) is 2.66. The number of sulfonamides is 1. The van der Waals surface area contributed by atoms with E-state index >= 15 is 0 Å². The SMILES string of the molecule is CCC(C)C(=O)Nc1ccc(S(=O)(=O)Nc2ncccn2)cc1. The summed E-state index contributed by atoms with van der Waals surface area (Å²) in [5.74, 6) is -0.198. The van der Waals surface area contributed by atoms with E-state index in [0.29, 0.717) is 5.69 Å². The van der Waals surface area contributed by atoms with Crippen LogP contribution in [-0.2, 0) is 14.8 Å². The van der Waals surface area contributed by atoms with Crippen LogP contribution in [0.2, 0.25) is 0 Å². The Bertz CT molecular complexity index is 761. The Morgan fingerprint density at radius 1 is 1.17 bits per heavy atom. The predicted molar refractivity (Wildman–Crippen MR) is 87.4 cm³/mol. The number of rotatable bonds is 6. The highest BCUT2D eigenvalue weighted by atomic mass is 32.2. The van der Waals surface area contributed by atoms with Gasteiger partial charge in [-0.2, -0.15) is 0 Å². The number of carbonyl (C=O) groups excluding carboxylic acids is 1. The van der Waals surface area contributed by atoms with Crippen molar-refractivity contribution in [2.45, 2.75) is 25.2 Å². The standard InChI is InChI=1S/C15H18N4O3S/c1-3-11(2)14(20)18-12-5-7-13(8-6-12)23(21,22)19-15-16-9-4-10-17-15/h4-11H,3H2,1-2H3,(H,18,20)(H,16,17,19). The molecule has 1 heterocycles. The lowest BCUT2D eigenvalue weighted by atomic mass is 10.1. The van der Waals surface area contributed by atoms with E-state index in [4.69, 9.17) is 0 Å². The van der Waals surface area contributed by atoms with Crippen LogP contribution < -0.4 is 10.0 Å². The van der Waals surface area contributed by atoms with E-state index in [1.54, 1.807) is 18.2 Å². The highest BCUT2D eigenvalue weighted by molar-refractivity contribution is 7.92. The first-order valence-corrected chi connectivity index (χ1v) is 8.61. The molecule has 23 heavy (non-hydrogen) atoms. The van der Waals surface area contributed by atoms with Gasteiger partial charge in [-0.3, -0.25) is 4.79 Å². The molecular weight excluding hydrogens is 316 g/mol. The largest absolute Gasteiger partial charge is 0.326 e. The topological polar surface area (TPSA) is 101 Å². The number of anilines is 2. The summed E-state index contributed by atoms with van der Waals surface area (Å²) in [5.41, 5.74) is 0.546. The number of aromatic nitrogens is 2. The molecule has 1 aromatic carbocycles. The second kappa shape index (κ2) is 7.19. The molecular formula is C15H18N4O3S. The number of hydrogen-bond acceptors (Lipinski definition) is 5. The average molecular weight is 334 g/mol. The highest BCUT2D eigenvalue weighted by Crippen LogP contribution is 2.17. The first kappa shape index (κ1) is 16.9. The molecule has 122 valence electrons. The Balaban J connectivity index is 2.11. The van der Waals surface area contributed by atoms with Crippen LogP contribution in [0.1, 0.15) is 20.3 Å². The summed E-state index contributed by atoms with van der Waals surface area (Å²) in [4.78, 5) is 19.5. The summed E-state index contributed by atoms with van der Waals surface area (Å²) >= 11 is 0. The Hall–Kier alpha value is -2.48. The van der Waals surface area contributed by atoms with E-state index < -0.39 is 10.0 Å². The molecule has 1 unspecified atom stereocenters. The quantitative estimate of drug-likeness (QED) is 0.844. The van der Waals surface area contributed by atoms with E-state index in [9.17, 15) is 13.2 Å². The highest BCUT2D eigenvalue weighted by Gasteiger charge is 2.16. The number of nitrogens with one attached hydrogen (secondary N) is 2. The Labute approximate surface area is 135 Å². The predicted octanol–water partition coefficient (Wildman–Crippen LogP) is 2.26. The summed E-state index contributed by atoms with van der Waals surface area (Å²) < 4.78 is 26.7. The van der Waals surface area contributed by atoms with Gasteiger partial charge in [-0.15, -0.1) is 0 Å². The average Bonchev–Trinajstić information content (AvgIpc) is 2.55. The summed E-state index contributed by atoms with van der Waals surface area (Å²) in [7, 11) is -3.77. The van der Waals surface area contributed by atoms with Crippen molar-refractivity contribution >= 4 is 27.6 Å². The maximum Gasteiger partial charge on any atom is 0.264 e. The number of hydrogen-bond donors (Lipinski definition) is 2. The van der Waals surface area contributed by atoms with Gasteiger partial charge in [-0.1, -0.05) is 13.8 Å². The molecule has 2 rings (SSSR count). The normalized spacial score (nSPS) is 12.4. The summed E-state index contributed by atoms with van der Waals surface area (Å²) in [5, 5.41) is 2.74. The lowest BCUT2D eigenvalue weighted by molar-refractivity contribution is -0.119. The molecule has 2 aromatic rings. The van der Waals surface area contributed by atoms with Gasteiger partial charge in [0.05, 0.1) is 4.90 Å². The minimum Gasteiger partial charge on any atom is -0.326 e. The lowest BCUT2D eigenvalue weighted by Gasteiger charge is -2.11. The van der Waals surface area contributed by atoms with Crippen LogP contribution in [0.5, 0.6) is 0 Å². The molecule has 0 aliphatic heterocycles. The molecule has 0 aliphatic carbocycles. The van der Waals surface area contributed by atoms with Gasteiger partial charge in [0.15, 0.2) is 0 Å². The smallest absolute Gasteiger partial charge is 0.264 e. The van der Waals surface area contributed by atoms with E-state index in [1.807, 2.05) is 13.8 Å². The van der Waals surface area contributed by atoms with Crippen molar-refractivity contribution in [2.24, 2.45) is 5.92 Å². The van der Waals surface area contributed by atoms with E-state index in [1.165, 1.54) is 24.5 Å². The maximum absolute atomic E-state index is 12.2. The molecule has 1 amide bonds. The molecule has 0 fully saturated rings. The number of benzene rings is 1. The van der Waals surface area contributed by atoms with Crippen LogP contribution in [-0.4, -0.2) is 24.3 Å². The zero-order valence-corrected chi connectivity index (χ0v) is 13.7. The zero-order valence-electron chi connectivity index (χ0n) is 12.9. The molecule has 0 bridgehead atoms. The van der Waals surface area contributed by atoms with Crippen LogP contribution in [0.4, 0.5) is 11.6 Å². The van der Waals surface area contributed by atoms with Gasteiger partial charge in [-0.05, 0) is 36.8 Å². The van der Waals surface area contributed by atoms with Gasteiger partial charge in [0.25, 0.3) is 10.0 Å². The third-order valence-corrected chi connectivity index (χ3v) is 4.63. The minimum atomic E-state index is -3.77. The number of amides is 1. The van der Waals surface area contributed by atoms with Gasteiger partial charge in [-0.25, -0.2) is 23.1 Å². The van der Waals surface area contributed by atoms with Crippen molar-refractivity contribution in [3.8, 4) is 0 Å². The maximum atomic E-state index is 12.2. The first-order valence-electron chi connectivity index (χ1n) is 7.13. The fourth-order valence-electron chi connectivity index (χ4n) is 1.70. The molecule has 0 saturated carbocycles. The van der Waals surface area contributed by atoms with Crippen LogP contribution in [0.3, 0.4) is 0 Å². The molecule has 8 heteroatoms. The Morgan fingerprint density at radius 2 is 1.78 bits per heavy atom.